The number of unbranched alkanes of at least 4 members (excludes halogenated alkanes) is 1. The van der Waals surface area contributed by atoms with Gasteiger partial charge < -0.3 is 9.84 Å². The van der Waals surface area contributed by atoms with Gasteiger partial charge in [-0.3, -0.25) is 9.59 Å². The highest BCUT2D eigenvalue weighted by atomic mass is 16.5. The zero-order chi connectivity index (χ0) is 13.4. The highest BCUT2D eigenvalue weighted by Crippen LogP contribution is 2.18. The molecule has 1 N–H and O–H groups in total. The lowest BCUT2D eigenvalue weighted by atomic mass is 10.1. The molecule has 0 spiro atoms. The number of hydrogen-bond donors (Lipinski definition) is 1. The van der Waals surface area contributed by atoms with Crippen molar-refractivity contribution in [3.63, 3.8) is 0 Å². The van der Waals surface area contributed by atoms with Gasteiger partial charge >= 0.3 is 0 Å². The van der Waals surface area contributed by atoms with Crippen LogP contribution in [-0.2, 0) is 14.3 Å². The third-order valence-electron chi connectivity index (χ3n) is 2.78. The van der Waals surface area contributed by atoms with Gasteiger partial charge in [0.1, 0.15) is 6.61 Å². The van der Waals surface area contributed by atoms with Crippen molar-refractivity contribution in [2.75, 3.05) is 13.7 Å². The van der Waals surface area contributed by atoms with Crippen LogP contribution in [0.25, 0.3) is 0 Å². The van der Waals surface area contributed by atoms with E-state index >= 15 is 0 Å². The van der Waals surface area contributed by atoms with Crippen molar-refractivity contribution in [2.24, 2.45) is 0 Å². The molecular formula is C14H20O4. The molecule has 4 nitrogen and oxygen atoms in total. The third kappa shape index (κ3) is 5.38. The van der Waals surface area contributed by atoms with Crippen LogP contribution < -0.4 is 0 Å². The van der Waals surface area contributed by atoms with E-state index in [0.717, 1.165) is 12.8 Å². The molecule has 1 aliphatic rings. The van der Waals surface area contributed by atoms with Gasteiger partial charge in [-0.2, -0.15) is 0 Å². The summed E-state index contributed by atoms with van der Waals surface area (Å²) < 4.78 is 4.73. The molecule has 100 valence electrons. The fraction of sp³-hybridized carbons (Fsp3) is 0.571. The highest BCUT2D eigenvalue weighted by Gasteiger charge is 2.20. The van der Waals surface area contributed by atoms with Gasteiger partial charge in [0.25, 0.3) is 0 Å². The standard InChI is InChI=1S/C14H20O4/c1-18-10-12(15)7-5-3-2-4-6-11-8-13(16)9-14(11)17/h2,4,8,13,16H,3,5-7,9-10H2,1H3/b4-2-. The molecule has 1 atom stereocenters. The molecule has 0 aromatic heterocycles. The fourth-order valence-electron chi connectivity index (χ4n) is 1.87. The van der Waals surface area contributed by atoms with Gasteiger partial charge in [-0.05, 0) is 30.9 Å². The molecule has 18 heavy (non-hydrogen) atoms. The topological polar surface area (TPSA) is 63.6 Å². The van der Waals surface area contributed by atoms with Crippen molar-refractivity contribution < 1.29 is 19.4 Å². The fourth-order valence-corrected chi connectivity index (χ4v) is 1.87. The third-order valence-corrected chi connectivity index (χ3v) is 2.78. The van der Waals surface area contributed by atoms with Crippen LogP contribution in [0.1, 0.15) is 32.1 Å². The molecule has 0 aromatic rings. The van der Waals surface area contributed by atoms with Crippen molar-refractivity contribution in [1.82, 2.24) is 0 Å². The lowest BCUT2D eigenvalue weighted by Gasteiger charge is -1.97. The second kappa shape index (κ2) is 7.95. The van der Waals surface area contributed by atoms with Gasteiger partial charge in [0.2, 0.25) is 0 Å². The zero-order valence-corrected chi connectivity index (χ0v) is 10.7. The van der Waals surface area contributed by atoms with E-state index in [1.54, 1.807) is 6.08 Å². The van der Waals surface area contributed by atoms with Crippen LogP contribution in [0.4, 0.5) is 0 Å². The van der Waals surface area contributed by atoms with E-state index in [0.29, 0.717) is 18.4 Å². The first-order chi connectivity index (χ1) is 8.63. The smallest absolute Gasteiger partial charge is 0.161 e. The van der Waals surface area contributed by atoms with Gasteiger partial charge in [0.05, 0.1) is 6.10 Å². The lowest BCUT2D eigenvalue weighted by Crippen LogP contribution is -2.05. The number of aliphatic hydroxyl groups is 1. The van der Waals surface area contributed by atoms with Crippen molar-refractivity contribution in [2.45, 2.75) is 38.2 Å². The molecule has 0 bridgehead atoms. The Bertz CT molecular complexity index is 355. The first-order valence-electron chi connectivity index (χ1n) is 6.21. The molecule has 0 saturated heterocycles. The summed E-state index contributed by atoms with van der Waals surface area (Å²) in [5.74, 6) is 0.144. The lowest BCUT2D eigenvalue weighted by molar-refractivity contribution is -0.122. The van der Waals surface area contributed by atoms with Gasteiger partial charge in [0, 0.05) is 20.0 Å². The second-order valence-corrected chi connectivity index (χ2v) is 4.43. The van der Waals surface area contributed by atoms with E-state index in [1.165, 1.54) is 7.11 Å². The number of ketones is 2. The predicted molar refractivity (Wildman–Crippen MR) is 68.2 cm³/mol. The first-order valence-corrected chi connectivity index (χ1v) is 6.21. The van der Waals surface area contributed by atoms with E-state index in [9.17, 15) is 14.7 Å². The first kappa shape index (κ1) is 14.8. The highest BCUT2D eigenvalue weighted by molar-refractivity contribution is 5.98. The monoisotopic (exact) mass is 252 g/mol. The Balaban J connectivity index is 2.13. The number of methoxy groups -OCH3 is 1. The molecule has 0 fully saturated rings. The number of ether oxygens (including phenoxy) is 1. The summed E-state index contributed by atoms with van der Waals surface area (Å²) in [6, 6.07) is 0. The Morgan fingerprint density at radius 1 is 1.56 bits per heavy atom. The quantitative estimate of drug-likeness (QED) is 0.526. The molecule has 1 unspecified atom stereocenters. The molecule has 0 amide bonds. The van der Waals surface area contributed by atoms with Crippen LogP contribution in [0.3, 0.4) is 0 Å². The Hall–Kier alpha value is -1.26. The summed E-state index contributed by atoms with van der Waals surface area (Å²) in [7, 11) is 1.51. The molecule has 4 heteroatoms. The molecule has 0 aliphatic heterocycles. The zero-order valence-electron chi connectivity index (χ0n) is 10.7. The minimum absolute atomic E-state index is 0.0300. The number of Topliss-reactive ketones (excluding diaryl/α,β-unsaturated/α-hetero) is 2. The average molecular weight is 252 g/mol. The van der Waals surface area contributed by atoms with Crippen LogP contribution in [0, 0.1) is 0 Å². The predicted octanol–water partition coefficient (Wildman–Crippen LogP) is 1.58. The van der Waals surface area contributed by atoms with Gasteiger partial charge in [0.15, 0.2) is 11.6 Å². The Kier molecular flexibility index (Phi) is 6.54. The summed E-state index contributed by atoms with van der Waals surface area (Å²) in [5.41, 5.74) is 0.689. The number of carbonyl (C=O) groups is 2. The van der Waals surface area contributed by atoms with Crippen molar-refractivity contribution in [3.8, 4) is 0 Å². The summed E-state index contributed by atoms with van der Waals surface area (Å²) in [4.78, 5) is 22.5. The van der Waals surface area contributed by atoms with Gasteiger partial charge in [-0.1, -0.05) is 12.2 Å². The van der Waals surface area contributed by atoms with Crippen LogP contribution >= 0.6 is 0 Å². The summed E-state index contributed by atoms with van der Waals surface area (Å²) >= 11 is 0. The van der Waals surface area contributed by atoms with Crippen LogP contribution in [0.15, 0.2) is 23.8 Å². The number of allylic oxidation sites excluding steroid dienone is 3. The minimum atomic E-state index is -0.604. The molecule has 0 aromatic carbocycles. The molecule has 0 radical (unpaired) electrons. The molecule has 1 rings (SSSR count). The van der Waals surface area contributed by atoms with Crippen LogP contribution in [0.2, 0.25) is 0 Å². The largest absolute Gasteiger partial charge is 0.389 e. The number of rotatable bonds is 8. The maximum atomic E-state index is 11.3. The van der Waals surface area contributed by atoms with Crippen molar-refractivity contribution in [1.29, 1.82) is 0 Å². The summed E-state index contributed by atoms with van der Waals surface area (Å²) in [5, 5.41) is 9.25. The van der Waals surface area contributed by atoms with Crippen molar-refractivity contribution in [3.05, 3.63) is 23.8 Å². The van der Waals surface area contributed by atoms with Crippen LogP contribution in [-0.4, -0.2) is 36.5 Å². The molecule has 0 saturated carbocycles. The van der Waals surface area contributed by atoms with E-state index in [-0.39, 0.29) is 24.6 Å². The van der Waals surface area contributed by atoms with E-state index in [2.05, 4.69) is 0 Å². The van der Waals surface area contributed by atoms with Gasteiger partial charge in [-0.25, -0.2) is 0 Å². The van der Waals surface area contributed by atoms with Crippen LogP contribution in [0.5, 0.6) is 0 Å². The Morgan fingerprint density at radius 3 is 2.94 bits per heavy atom. The number of hydrogen-bond acceptors (Lipinski definition) is 4. The molecular weight excluding hydrogens is 232 g/mol. The molecule has 0 heterocycles. The minimum Gasteiger partial charge on any atom is -0.389 e. The van der Waals surface area contributed by atoms with E-state index < -0.39 is 6.10 Å². The average Bonchev–Trinajstić information content (AvgIpc) is 2.62. The summed E-state index contributed by atoms with van der Waals surface area (Å²) in [6.45, 7) is 0.184. The Labute approximate surface area is 107 Å². The normalized spacial score (nSPS) is 19.6. The van der Waals surface area contributed by atoms with E-state index in [1.807, 2.05) is 12.2 Å². The maximum Gasteiger partial charge on any atom is 0.161 e. The number of aliphatic hydroxyl groups excluding tert-OH is 1. The van der Waals surface area contributed by atoms with Gasteiger partial charge in [-0.15, -0.1) is 0 Å². The SMILES string of the molecule is COCC(=O)CCC/C=C\CC1=CC(O)CC1=O. The number of carbonyl (C=O) groups excluding carboxylic acids is 2. The van der Waals surface area contributed by atoms with Crippen molar-refractivity contribution >= 4 is 11.6 Å². The van der Waals surface area contributed by atoms with E-state index in [4.69, 9.17) is 4.74 Å². The Morgan fingerprint density at radius 2 is 2.33 bits per heavy atom. The summed E-state index contributed by atoms with van der Waals surface area (Å²) in [6.07, 6.45) is 7.84. The molecule has 1 aliphatic carbocycles. The maximum absolute atomic E-state index is 11.3. The second-order valence-electron chi connectivity index (χ2n) is 4.43.